The molecule has 2 nitrogen and oxygen atoms in total. The number of hydrogen-bond acceptors (Lipinski definition) is 1. The Hall–Kier alpha value is 0.326. The van der Waals surface area contributed by atoms with Crippen LogP contribution in [0.25, 0.3) is 0 Å². The number of amides is 1. The molecule has 0 aliphatic heterocycles. The van der Waals surface area contributed by atoms with Crippen LogP contribution in [0.15, 0.2) is 30.3 Å². The fourth-order valence-electron chi connectivity index (χ4n) is 0.808. The van der Waals surface area contributed by atoms with Crippen molar-refractivity contribution < 1.29 is 57.6 Å². The first-order chi connectivity index (χ1) is 5.70. The summed E-state index contributed by atoms with van der Waals surface area (Å²) < 4.78 is 0. The predicted octanol–water partition coefficient (Wildman–Crippen LogP) is -0.602. The van der Waals surface area contributed by atoms with Gasteiger partial charge in [0.25, 0.3) is 0 Å². The maximum Gasteiger partial charge on any atom is 1.00 e. The van der Waals surface area contributed by atoms with E-state index >= 15 is 0 Å². The molecule has 0 saturated heterocycles. The molecule has 0 spiro atoms. The van der Waals surface area contributed by atoms with Gasteiger partial charge in [0.2, 0.25) is 5.91 Å². The van der Waals surface area contributed by atoms with Gasteiger partial charge in [0.1, 0.15) is 0 Å². The molecule has 1 N–H and O–H groups in total. The molecule has 0 fully saturated rings. The maximum absolute atomic E-state index is 11.2. The van der Waals surface area contributed by atoms with Crippen molar-refractivity contribution in [2.75, 3.05) is 5.32 Å². The van der Waals surface area contributed by atoms with E-state index in [1.54, 1.807) is 0 Å². The summed E-state index contributed by atoms with van der Waals surface area (Å²) >= 11 is 0. The summed E-state index contributed by atoms with van der Waals surface area (Å²) in [6.07, 6.45) is 0. The molecule has 0 heterocycles. The molecule has 1 aromatic rings. The third-order valence-corrected chi connectivity index (χ3v) is 1.57. The van der Waals surface area contributed by atoms with E-state index < -0.39 is 0 Å². The number of anilines is 1. The number of hydrogen-bond donors (Lipinski definition) is 1. The van der Waals surface area contributed by atoms with Gasteiger partial charge < -0.3 is 6.74 Å². The Labute approximate surface area is 123 Å². The molecule has 13 heavy (non-hydrogen) atoms. The minimum atomic E-state index is 0. The van der Waals surface area contributed by atoms with Crippen LogP contribution in [-0.4, -0.2) is 5.91 Å². The topological polar surface area (TPSA) is 29.1 Å². The summed E-state index contributed by atoms with van der Waals surface area (Å²) in [6, 6.07) is 9.47. The number of rotatable bonds is 2. The molecule has 0 unspecified atom stereocenters. The second-order valence-corrected chi connectivity index (χ2v) is 3.01. The Morgan fingerprint density at radius 2 is 1.85 bits per heavy atom. The van der Waals surface area contributed by atoms with Crippen LogP contribution >= 0.6 is 0 Å². The van der Waals surface area contributed by atoms with Crippen molar-refractivity contribution >= 4 is 11.6 Å². The molecule has 1 rings (SSSR count). The molecule has 1 aromatic carbocycles. The van der Waals surface area contributed by atoms with Crippen LogP contribution in [-0.2, 0) is 4.79 Å². The van der Waals surface area contributed by atoms with E-state index in [0.717, 1.165) is 5.69 Å². The zero-order valence-corrected chi connectivity index (χ0v) is 11.5. The van der Waals surface area contributed by atoms with Crippen LogP contribution in [0.3, 0.4) is 0 Å². The molecule has 1 amide bonds. The van der Waals surface area contributed by atoms with Crippen molar-refractivity contribution in [3.63, 3.8) is 0 Å². The quantitative estimate of drug-likeness (QED) is 0.639. The standard InChI is InChI=1S/C10H13NO.K.H/c1-8(2)10(12)11-9-6-4-3-5-7-9;;/h3-8H,1-2H3,(H,11,12);;/q;+1;-1. The largest absolute Gasteiger partial charge is 1.00 e. The number of para-hydroxylation sites is 1. The van der Waals surface area contributed by atoms with Crippen molar-refractivity contribution in [3.8, 4) is 0 Å². The second kappa shape index (κ2) is 6.73. The fraction of sp³-hybridized carbons (Fsp3) is 0.300. The van der Waals surface area contributed by atoms with E-state index in [1.165, 1.54) is 0 Å². The van der Waals surface area contributed by atoms with Crippen LogP contribution in [0.4, 0.5) is 5.69 Å². The van der Waals surface area contributed by atoms with Gasteiger partial charge in [-0.3, -0.25) is 4.79 Å². The van der Waals surface area contributed by atoms with E-state index in [2.05, 4.69) is 5.32 Å². The van der Waals surface area contributed by atoms with E-state index in [1.807, 2.05) is 44.2 Å². The van der Waals surface area contributed by atoms with Crippen molar-refractivity contribution in [2.45, 2.75) is 13.8 Å². The SMILES string of the molecule is CC(C)C(=O)Nc1ccccc1.[H-].[K+]. The van der Waals surface area contributed by atoms with Gasteiger partial charge >= 0.3 is 51.4 Å². The van der Waals surface area contributed by atoms with Crippen LogP contribution in [0.5, 0.6) is 0 Å². The first kappa shape index (κ1) is 13.3. The van der Waals surface area contributed by atoms with Gasteiger partial charge in [-0.25, -0.2) is 0 Å². The number of benzene rings is 1. The minimum Gasteiger partial charge on any atom is -1.00 e. The molecule has 0 aromatic heterocycles. The average molecular weight is 203 g/mol. The molecule has 0 aliphatic rings. The average Bonchev–Trinajstić information content (AvgIpc) is 2.06. The van der Waals surface area contributed by atoms with Crippen LogP contribution in [0, 0.1) is 5.92 Å². The zero-order valence-electron chi connectivity index (χ0n) is 9.37. The van der Waals surface area contributed by atoms with E-state index in [9.17, 15) is 4.79 Å². The summed E-state index contributed by atoms with van der Waals surface area (Å²) in [4.78, 5) is 11.2. The van der Waals surface area contributed by atoms with Crippen molar-refractivity contribution in [3.05, 3.63) is 30.3 Å². The molecule has 0 aliphatic carbocycles. The van der Waals surface area contributed by atoms with Gasteiger partial charge in [-0.15, -0.1) is 0 Å². The number of carbonyl (C=O) groups excluding carboxylic acids is 1. The van der Waals surface area contributed by atoms with Gasteiger partial charge in [0.05, 0.1) is 0 Å². The Bertz CT molecular complexity index is 264. The Morgan fingerprint density at radius 1 is 1.31 bits per heavy atom. The fourth-order valence-corrected chi connectivity index (χ4v) is 0.808. The molecule has 3 heteroatoms. The van der Waals surface area contributed by atoms with Gasteiger partial charge in [-0.2, -0.15) is 0 Å². The van der Waals surface area contributed by atoms with Gasteiger partial charge in [0, 0.05) is 11.6 Å². The Morgan fingerprint density at radius 3 is 2.31 bits per heavy atom. The van der Waals surface area contributed by atoms with Crippen molar-refractivity contribution in [1.29, 1.82) is 0 Å². The predicted molar refractivity (Wildman–Crippen MR) is 51.0 cm³/mol. The molecule has 0 saturated carbocycles. The molecular formula is C10H14KNO. The summed E-state index contributed by atoms with van der Waals surface area (Å²) in [5, 5.41) is 2.80. The van der Waals surface area contributed by atoms with Crippen LogP contribution in [0.2, 0.25) is 0 Å². The molecule has 0 radical (unpaired) electrons. The molecule has 66 valence electrons. The summed E-state index contributed by atoms with van der Waals surface area (Å²) in [6.45, 7) is 3.75. The minimum absolute atomic E-state index is 0. The monoisotopic (exact) mass is 203 g/mol. The summed E-state index contributed by atoms with van der Waals surface area (Å²) in [7, 11) is 0. The van der Waals surface area contributed by atoms with Crippen molar-refractivity contribution in [2.24, 2.45) is 5.92 Å². The van der Waals surface area contributed by atoms with Gasteiger partial charge in [-0.1, -0.05) is 32.0 Å². The second-order valence-electron chi connectivity index (χ2n) is 3.01. The first-order valence-corrected chi connectivity index (χ1v) is 4.06. The van der Waals surface area contributed by atoms with E-state index in [4.69, 9.17) is 0 Å². The molecule has 0 atom stereocenters. The van der Waals surface area contributed by atoms with Gasteiger partial charge in [-0.05, 0) is 12.1 Å². The first-order valence-electron chi connectivity index (χ1n) is 4.06. The van der Waals surface area contributed by atoms with Crippen LogP contribution in [0.1, 0.15) is 15.3 Å². The van der Waals surface area contributed by atoms with Crippen LogP contribution < -0.4 is 56.7 Å². The smallest absolute Gasteiger partial charge is 1.00 e. The normalized spacial score (nSPS) is 9.15. The summed E-state index contributed by atoms with van der Waals surface area (Å²) in [5.74, 6) is 0.0893. The van der Waals surface area contributed by atoms with Gasteiger partial charge in [0.15, 0.2) is 0 Å². The Balaban J connectivity index is 0. The molecular weight excluding hydrogens is 189 g/mol. The molecule has 0 bridgehead atoms. The maximum atomic E-state index is 11.2. The zero-order chi connectivity index (χ0) is 8.97. The van der Waals surface area contributed by atoms with E-state index in [0.29, 0.717) is 0 Å². The number of carbonyl (C=O) groups is 1. The number of nitrogens with one attached hydrogen (secondary N) is 1. The third-order valence-electron chi connectivity index (χ3n) is 1.57. The van der Waals surface area contributed by atoms with E-state index in [-0.39, 0.29) is 64.6 Å². The summed E-state index contributed by atoms with van der Waals surface area (Å²) in [5.41, 5.74) is 0.858. The Kier molecular flexibility index (Phi) is 6.90. The third kappa shape index (κ3) is 4.93. The van der Waals surface area contributed by atoms with Crippen molar-refractivity contribution in [1.82, 2.24) is 0 Å².